The third kappa shape index (κ3) is 3.15. The van der Waals surface area contributed by atoms with Crippen LogP contribution in [0.15, 0.2) is 47.4 Å². The van der Waals surface area contributed by atoms with Crippen LogP contribution >= 0.6 is 0 Å². The summed E-state index contributed by atoms with van der Waals surface area (Å²) in [6.45, 7) is 0. The second-order valence-corrected chi connectivity index (χ2v) is 7.59. The molecule has 4 rings (SSSR count). The van der Waals surface area contributed by atoms with Gasteiger partial charge < -0.3 is 0 Å². The van der Waals surface area contributed by atoms with E-state index in [4.69, 9.17) is 0 Å². The van der Waals surface area contributed by atoms with E-state index in [1.54, 1.807) is 22.9 Å². The Labute approximate surface area is 147 Å². The lowest BCUT2D eigenvalue weighted by Crippen LogP contribution is -2.15. The van der Waals surface area contributed by atoms with Gasteiger partial charge in [0.05, 0.1) is 6.04 Å². The zero-order valence-corrected chi connectivity index (χ0v) is 14.1. The molecular weight excluding hydrogens is 364 g/mol. The zero-order valence-electron chi connectivity index (χ0n) is 13.3. The molecule has 0 saturated heterocycles. The van der Waals surface area contributed by atoms with Crippen LogP contribution in [0.2, 0.25) is 0 Å². The van der Waals surface area contributed by atoms with Crippen molar-refractivity contribution in [3.63, 3.8) is 0 Å². The molecule has 3 aromatic rings. The SMILES string of the molecule is O=S(=O)(Nc1cccc(-c2nnnn2C2CC2)c1)c1cc(F)ccc1F. The first-order valence-corrected chi connectivity index (χ1v) is 9.28. The summed E-state index contributed by atoms with van der Waals surface area (Å²) < 4.78 is 55.9. The third-order valence-electron chi connectivity index (χ3n) is 3.94. The van der Waals surface area contributed by atoms with Crippen molar-refractivity contribution in [2.45, 2.75) is 23.8 Å². The average Bonchev–Trinajstić information content (AvgIpc) is 3.33. The number of tetrazole rings is 1. The third-order valence-corrected chi connectivity index (χ3v) is 5.34. The summed E-state index contributed by atoms with van der Waals surface area (Å²) in [4.78, 5) is -0.759. The molecule has 1 saturated carbocycles. The number of aromatic nitrogens is 4. The molecule has 1 heterocycles. The second-order valence-electron chi connectivity index (χ2n) is 5.94. The fourth-order valence-electron chi connectivity index (χ4n) is 2.56. The number of nitrogens with one attached hydrogen (secondary N) is 1. The minimum atomic E-state index is -4.29. The van der Waals surface area contributed by atoms with Crippen LogP contribution in [0, 0.1) is 11.6 Å². The molecule has 1 aromatic heterocycles. The second kappa shape index (κ2) is 6.13. The fourth-order valence-corrected chi connectivity index (χ4v) is 3.70. The van der Waals surface area contributed by atoms with Crippen LogP contribution in [-0.4, -0.2) is 28.6 Å². The summed E-state index contributed by atoms with van der Waals surface area (Å²) in [6.07, 6.45) is 1.98. The zero-order chi connectivity index (χ0) is 18.3. The molecule has 0 bridgehead atoms. The van der Waals surface area contributed by atoms with Gasteiger partial charge in [0, 0.05) is 11.3 Å². The Morgan fingerprint density at radius 1 is 1.12 bits per heavy atom. The van der Waals surface area contributed by atoms with Crippen LogP contribution in [0.3, 0.4) is 0 Å². The number of nitrogens with zero attached hydrogens (tertiary/aromatic N) is 4. The summed E-state index contributed by atoms with van der Waals surface area (Å²) in [6, 6.07) is 8.92. The van der Waals surface area contributed by atoms with E-state index in [2.05, 4.69) is 20.2 Å². The van der Waals surface area contributed by atoms with Gasteiger partial charge in [-0.25, -0.2) is 21.9 Å². The van der Waals surface area contributed by atoms with Crippen molar-refractivity contribution >= 4 is 15.7 Å². The van der Waals surface area contributed by atoms with Gasteiger partial charge >= 0.3 is 0 Å². The molecule has 0 amide bonds. The first kappa shape index (κ1) is 16.6. The standard InChI is InChI=1S/C16H13F2N5O2S/c17-11-4-7-14(18)15(9-11)26(24,25)20-12-3-1-2-10(8-12)16-19-21-22-23(16)13-5-6-13/h1-4,7-9,13,20H,5-6H2. The van der Waals surface area contributed by atoms with Crippen molar-refractivity contribution < 1.29 is 17.2 Å². The molecular formula is C16H13F2N5O2S. The molecule has 26 heavy (non-hydrogen) atoms. The number of anilines is 1. The molecule has 0 spiro atoms. The first-order valence-electron chi connectivity index (χ1n) is 7.80. The van der Waals surface area contributed by atoms with Crippen LogP contribution in [0.1, 0.15) is 18.9 Å². The molecule has 134 valence electrons. The number of hydrogen-bond acceptors (Lipinski definition) is 5. The van der Waals surface area contributed by atoms with Gasteiger partial charge in [0.1, 0.15) is 16.5 Å². The topological polar surface area (TPSA) is 89.8 Å². The van der Waals surface area contributed by atoms with Gasteiger partial charge in [-0.15, -0.1) is 5.10 Å². The van der Waals surface area contributed by atoms with Gasteiger partial charge in [-0.1, -0.05) is 12.1 Å². The fraction of sp³-hybridized carbons (Fsp3) is 0.188. The Bertz CT molecular complexity index is 1080. The highest BCUT2D eigenvalue weighted by molar-refractivity contribution is 7.92. The summed E-state index contributed by atoms with van der Waals surface area (Å²) in [5.74, 6) is -1.36. The van der Waals surface area contributed by atoms with Crippen molar-refractivity contribution in [2.75, 3.05) is 4.72 Å². The van der Waals surface area contributed by atoms with Crippen molar-refractivity contribution in [1.29, 1.82) is 0 Å². The molecule has 0 unspecified atom stereocenters. The molecule has 1 aliphatic carbocycles. The lowest BCUT2D eigenvalue weighted by atomic mass is 10.2. The van der Waals surface area contributed by atoms with Crippen LogP contribution in [0.4, 0.5) is 14.5 Å². The van der Waals surface area contributed by atoms with Crippen LogP contribution in [0.25, 0.3) is 11.4 Å². The minimum absolute atomic E-state index is 0.191. The van der Waals surface area contributed by atoms with Crippen molar-refractivity contribution in [3.8, 4) is 11.4 Å². The number of benzene rings is 2. The predicted molar refractivity (Wildman–Crippen MR) is 88.7 cm³/mol. The minimum Gasteiger partial charge on any atom is -0.280 e. The van der Waals surface area contributed by atoms with E-state index in [0.717, 1.165) is 25.0 Å². The number of rotatable bonds is 5. The Morgan fingerprint density at radius 2 is 1.92 bits per heavy atom. The van der Waals surface area contributed by atoms with Gasteiger partial charge in [0.15, 0.2) is 5.82 Å². The number of hydrogen-bond donors (Lipinski definition) is 1. The lowest BCUT2D eigenvalue weighted by Gasteiger charge is -2.10. The Hall–Kier alpha value is -2.88. The number of sulfonamides is 1. The molecule has 0 aliphatic heterocycles. The Kier molecular flexibility index (Phi) is 3.91. The summed E-state index contributed by atoms with van der Waals surface area (Å²) in [5, 5.41) is 11.6. The van der Waals surface area contributed by atoms with E-state index < -0.39 is 26.6 Å². The van der Waals surface area contributed by atoms with Crippen LogP contribution < -0.4 is 4.72 Å². The largest absolute Gasteiger partial charge is 0.280 e. The van der Waals surface area contributed by atoms with E-state index in [0.29, 0.717) is 17.5 Å². The average molecular weight is 377 g/mol. The molecule has 0 atom stereocenters. The van der Waals surface area contributed by atoms with Crippen molar-refractivity contribution in [2.24, 2.45) is 0 Å². The maximum atomic E-state index is 13.8. The highest BCUT2D eigenvalue weighted by Crippen LogP contribution is 2.37. The maximum Gasteiger partial charge on any atom is 0.264 e. The van der Waals surface area contributed by atoms with Crippen LogP contribution in [0.5, 0.6) is 0 Å². The van der Waals surface area contributed by atoms with Gasteiger partial charge in [-0.3, -0.25) is 4.72 Å². The summed E-state index contributed by atoms with van der Waals surface area (Å²) in [7, 11) is -4.29. The highest BCUT2D eigenvalue weighted by atomic mass is 32.2. The molecule has 10 heteroatoms. The molecule has 1 fully saturated rings. The van der Waals surface area contributed by atoms with Gasteiger partial charge in [-0.05, 0) is 53.6 Å². The van der Waals surface area contributed by atoms with E-state index in [9.17, 15) is 17.2 Å². The Morgan fingerprint density at radius 3 is 2.69 bits per heavy atom. The molecule has 2 aromatic carbocycles. The quantitative estimate of drug-likeness (QED) is 0.738. The van der Waals surface area contributed by atoms with E-state index in [-0.39, 0.29) is 11.7 Å². The predicted octanol–water partition coefficient (Wildman–Crippen LogP) is 2.75. The van der Waals surface area contributed by atoms with E-state index in [1.807, 2.05) is 0 Å². The summed E-state index contributed by atoms with van der Waals surface area (Å²) >= 11 is 0. The van der Waals surface area contributed by atoms with Gasteiger partial charge in [0.2, 0.25) is 0 Å². The van der Waals surface area contributed by atoms with Crippen molar-refractivity contribution in [3.05, 3.63) is 54.1 Å². The molecule has 0 radical (unpaired) electrons. The van der Waals surface area contributed by atoms with Gasteiger partial charge in [0.25, 0.3) is 10.0 Å². The Balaban J connectivity index is 1.67. The monoisotopic (exact) mass is 377 g/mol. The van der Waals surface area contributed by atoms with E-state index >= 15 is 0 Å². The van der Waals surface area contributed by atoms with Crippen LogP contribution in [-0.2, 0) is 10.0 Å². The number of halogens is 2. The molecule has 7 nitrogen and oxygen atoms in total. The summed E-state index contributed by atoms with van der Waals surface area (Å²) in [5.41, 5.74) is 0.804. The lowest BCUT2D eigenvalue weighted by molar-refractivity contribution is 0.555. The van der Waals surface area contributed by atoms with Gasteiger partial charge in [-0.2, -0.15) is 0 Å². The first-order chi connectivity index (χ1) is 12.4. The van der Waals surface area contributed by atoms with Crippen molar-refractivity contribution in [1.82, 2.24) is 20.2 Å². The normalized spacial score (nSPS) is 14.4. The highest BCUT2D eigenvalue weighted by Gasteiger charge is 2.28. The maximum absolute atomic E-state index is 13.8. The molecule has 1 N–H and O–H groups in total. The van der Waals surface area contributed by atoms with E-state index in [1.165, 1.54) is 6.07 Å². The molecule has 1 aliphatic rings. The smallest absolute Gasteiger partial charge is 0.264 e.